The number of ether oxygens (including phenoxy) is 2. The van der Waals surface area contributed by atoms with Gasteiger partial charge in [-0.15, -0.1) is 11.3 Å². The molecule has 0 aliphatic rings. The molecule has 144 valence electrons. The lowest BCUT2D eigenvalue weighted by atomic mass is 10.1. The Bertz CT molecular complexity index is 993. The Balaban J connectivity index is 1.99. The van der Waals surface area contributed by atoms with Gasteiger partial charge in [0.2, 0.25) is 0 Å². The number of thiazole rings is 1. The van der Waals surface area contributed by atoms with Crippen molar-refractivity contribution in [1.29, 1.82) is 0 Å². The van der Waals surface area contributed by atoms with Crippen LogP contribution in [-0.4, -0.2) is 24.2 Å². The van der Waals surface area contributed by atoms with Crippen molar-refractivity contribution in [3.8, 4) is 22.8 Å². The molecule has 0 saturated carbocycles. The first-order valence-electron chi connectivity index (χ1n) is 8.79. The molecule has 1 heterocycles. The first-order valence-corrected chi connectivity index (χ1v) is 9.60. The molecule has 28 heavy (non-hydrogen) atoms. The number of aromatic nitrogens is 1. The minimum absolute atomic E-state index is 0.0160. The van der Waals surface area contributed by atoms with E-state index in [9.17, 15) is 9.90 Å². The van der Waals surface area contributed by atoms with Crippen LogP contribution in [0.5, 0.6) is 11.5 Å². The van der Waals surface area contributed by atoms with Crippen molar-refractivity contribution >= 4 is 29.5 Å². The monoisotopic (exact) mass is 394 g/mol. The average molecular weight is 394 g/mol. The van der Waals surface area contributed by atoms with Crippen molar-refractivity contribution in [3.63, 3.8) is 0 Å². The molecule has 3 aromatic rings. The Morgan fingerprint density at radius 3 is 2.50 bits per heavy atom. The van der Waals surface area contributed by atoms with Gasteiger partial charge in [-0.3, -0.25) is 0 Å². The Morgan fingerprint density at radius 2 is 1.86 bits per heavy atom. The molecule has 0 unspecified atom stereocenters. The fourth-order valence-corrected chi connectivity index (χ4v) is 3.51. The average Bonchev–Trinajstić information content (AvgIpc) is 3.12. The lowest BCUT2D eigenvalue weighted by Crippen LogP contribution is -2.21. The van der Waals surface area contributed by atoms with E-state index in [1.54, 1.807) is 13.2 Å². The fraction of sp³-hybridized carbons (Fsp3) is 0.182. The number of carboxylic acids is 1. The van der Waals surface area contributed by atoms with Crippen LogP contribution < -0.4 is 14.6 Å². The zero-order chi connectivity index (χ0) is 20.1. The normalized spacial score (nSPS) is 11.1. The van der Waals surface area contributed by atoms with Crippen LogP contribution in [0, 0.1) is 0 Å². The maximum absolute atomic E-state index is 11.5. The van der Waals surface area contributed by atoms with E-state index in [0.29, 0.717) is 22.2 Å². The molecule has 0 aliphatic carbocycles. The molecular formula is C22H20NO4S-. The summed E-state index contributed by atoms with van der Waals surface area (Å²) in [4.78, 5) is 16.1. The molecule has 0 aliphatic heterocycles. The Labute approximate surface area is 167 Å². The highest BCUT2D eigenvalue weighted by Crippen LogP contribution is 2.34. The third-order valence-electron chi connectivity index (χ3n) is 3.86. The van der Waals surface area contributed by atoms with Gasteiger partial charge in [-0.1, -0.05) is 42.5 Å². The minimum atomic E-state index is -1.23. The molecule has 0 fully saturated rings. The molecule has 0 amide bonds. The van der Waals surface area contributed by atoms with Gasteiger partial charge >= 0.3 is 0 Å². The quantitative estimate of drug-likeness (QED) is 0.602. The maximum Gasteiger partial charge on any atom is 0.168 e. The first-order chi connectivity index (χ1) is 13.5. The van der Waals surface area contributed by atoms with Crippen molar-refractivity contribution in [3.05, 3.63) is 64.0 Å². The molecule has 0 saturated heterocycles. The highest BCUT2D eigenvalue weighted by Gasteiger charge is 2.14. The highest BCUT2D eigenvalue weighted by molar-refractivity contribution is 7.14. The molecule has 0 radical (unpaired) electrons. The summed E-state index contributed by atoms with van der Waals surface area (Å²) in [6, 6.07) is 14.8. The van der Waals surface area contributed by atoms with E-state index in [4.69, 9.17) is 9.47 Å². The highest BCUT2D eigenvalue weighted by atomic mass is 32.1. The summed E-state index contributed by atoms with van der Waals surface area (Å²) in [6.07, 6.45) is 3.59. The lowest BCUT2D eigenvalue weighted by molar-refractivity contribution is -0.254. The topological polar surface area (TPSA) is 71.5 Å². The first kappa shape index (κ1) is 19.6. The van der Waals surface area contributed by atoms with E-state index in [0.717, 1.165) is 22.5 Å². The number of benzene rings is 2. The molecule has 0 N–H and O–H groups in total. The van der Waals surface area contributed by atoms with Gasteiger partial charge in [0.15, 0.2) is 11.5 Å². The number of carboxylic acid groups (broad SMARTS) is 1. The molecule has 0 bridgehead atoms. The number of carbonyl (C=O) groups is 1. The van der Waals surface area contributed by atoms with Crippen LogP contribution in [-0.2, 0) is 0 Å². The summed E-state index contributed by atoms with van der Waals surface area (Å²) < 4.78 is 11.3. The fourth-order valence-electron chi connectivity index (χ4n) is 2.69. The van der Waals surface area contributed by atoms with Crippen molar-refractivity contribution in [2.24, 2.45) is 0 Å². The van der Waals surface area contributed by atoms with Gasteiger partial charge in [-0.2, -0.15) is 0 Å². The van der Waals surface area contributed by atoms with Crippen molar-refractivity contribution in [1.82, 2.24) is 4.98 Å². The van der Waals surface area contributed by atoms with Gasteiger partial charge in [0.1, 0.15) is 5.01 Å². The molecule has 0 spiro atoms. The van der Waals surface area contributed by atoms with Crippen molar-refractivity contribution in [2.45, 2.75) is 20.0 Å². The number of para-hydroxylation sites is 1. The number of hydrogen-bond acceptors (Lipinski definition) is 6. The molecule has 5 nitrogen and oxygen atoms in total. The second-order valence-electron chi connectivity index (χ2n) is 6.26. The van der Waals surface area contributed by atoms with Crippen LogP contribution in [0.4, 0.5) is 0 Å². The molecule has 1 aromatic heterocycles. The summed E-state index contributed by atoms with van der Waals surface area (Å²) in [5.74, 6) is 0.0350. The Hall–Kier alpha value is -3.12. The van der Waals surface area contributed by atoms with E-state index in [2.05, 4.69) is 4.98 Å². The second kappa shape index (κ2) is 8.71. The van der Waals surface area contributed by atoms with Crippen LogP contribution in [0.2, 0.25) is 0 Å². The third kappa shape index (κ3) is 4.40. The molecule has 6 heteroatoms. The summed E-state index contributed by atoms with van der Waals surface area (Å²) in [5.41, 5.74) is 1.97. The number of rotatable bonds is 7. The smallest absolute Gasteiger partial charge is 0.168 e. The second-order valence-corrected chi connectivity index (χ2v) is 7.29. The standard InChI is InChI=1S/C22H21NO4S/c1-14(2)27-20-16(10-7-11-17(20)26-3)12-13-18-23-19(21(28-18)22(24)25)15-8-5-4-6-9-15/h4-14H,1-3H3,(H,24,25)/p-1/b13-12+. The molecule has 2 aromatic carbocycles. The van der Waals surface area contributed by atoms with Crippen LogP contribution in [0.15, 0.2) is 48.5 Å². The maximum atomic E-state index is 11.5. The predicted octanol–water partition coefficient (Wildman–Crippen LogP) is 4.14. The summed E-state index contributed by atoms with van der Waals surface area (Å²) in [7, 11) is 1.59. The van der Waals surface area contributed by atoms with Gasteiger partial charge in [0.25, 0.3) is 0 Å². The van der Waals surface area contributed by atoms with Gasteiger partial charge in [-0.05, 0) is 32.1 Å². The van der Waals surface area contributed by atoms with Gasteiger partial charge in [0, 0.05) is 11.1 Å². The van der Waals surface area contributed by atoms with Crippen molar-refractivity contribution < 1.29 is 19.4 Å². The number of methoxy groups -OCH3 is 1. The minimum Gasteiger partial charge on any atom is -0.544 e. The molecular weight excluding hydrogens is 374 g/mol. The van der Waals surface area contributed by atoms with Crippen LogP contribution in [0.3, 0.4) is 0 Å². The number of nitrogens with zero attached hydrogens (tertiary/aromatic N) is 1. The number of aromatic carboxylic acids is 1. The molecule has 3 rings (SSSR count). The largest absolute Gasteiger partial charge is 0.544 e. The van der Waals surface area contributed by atoms with E-state index >= 15 is 0 Å². The van der Waals surface area contributed by atoms with E-state index < -0.39 is 5.97 Å². The van der Waals surface area contributed by atoms with E-state index in [1.165, 1.54) is 0 Å². The zero-order valence-corrected chi connectivity index (χ0v) is 16.7. The zero-order valence-electron chi connectivity index (χ0n) is 15.8. The van der Waals surface area contributed by atoms with Gasteiger partial charge in [0.05, 0.1) is 29.8 Å². The Kier molecular flexibility index (Phi) is 6.11. The van der Waals surface area contributed by atoms with E-state index in [-0.39, 0.29) is 11.0 Å². The van der Waals surface area contributed by atoms with Crippen molar-refractivity contribution in [2.75, 3.05) is 7.11 Å². The van der Waals surface area contributed by atoms with Crippen LogP contribution in [0.1, 0.15) is 34.1 Å². The summed E-state index contributed by atoms with van der Waals surface area (Å²) in [5, 5.41) is 12.1. The molecule has 0 atom stereocenters. The van der Waals surface area contributed by atoms with Gasteiger partial charge in [-0.25, -0.2) is 4.98 Å². The summed E-state index contributed by atoms with van der Waals surface area (Å²) >= 11 is 1.08. The predicted molar refractivity (Wildman–Crippen MR) is 110 cm³/mol. The van der Waals surface area contributed by atoms with Crippen LogP contribution >= 0.6 is 11.3 Å². The van der Waals surface area contributed by atoms with Crippen LogP contribution in [0.25, 0.3) is 23.4 Å². The number of hydrogen-bond donors (Lipinski definition) is 0. The third-order valence-corrected chi connectivity index (χ3v) is 4.87. The van der Waals surface area contributed by atoms with Gasteiger partial charge < -0.3 is 19.4 Å². The Morgan fingerprint density at radius 1 is 1.11 bits per heavy atom. The summed E-state index contributed by atoms with van der Waals surface area (Å²) in [6.45, 7) is 3.89. The number of carbonyl (C=O) groups excluding carboxylic acids is 1. The lowest BCUT2D eigenvalue weighted by Gasteiger charge is -2.15. The SMILES string of the molecule is COc1cccc(/C=C/c2nc(-c3ccccc3)c(C(=O)[O-])s2)c1OC(C)C. The van der Waals surface area contributed by atoms with E-state index in [1.807, 2.05) is 68.5 Å².